The second-order valence-electron chi connectivity index (χ2n) is 3.94. The first-order valence-corrected chi connectivity index (χ1v) is 6.54. The van der Waals surface area contributed by atoms with Gasteiger partial charge in [0.15, 0.2) is 0 Å². The largest absolute Gasteiger partial charge is 0.310 e. The van der Waals surface area contributed by atoms with Gasteiger partial charge in [0.2, 0.25) is 0 Å². The average molecular weight is 294 g/mol. The molecule has 0 aliphatic heterocycles. The fraction of sp³-hybridized carbons (Fsp3) is 0.308. The second-order valence-corrected chi connectivity index (χ2v) is 4.79. The maximum absolute atomic E-state index is 4.22. The fourth-order valence-electron chi connectivity index (χ4n) is 1.85. The first-order chi connectivity index (χ1) is 8.22. The van der Waals surface area contributed by atoms with Gasteiger partial charge in [0, 0.05) is 22.9 Å². The molecule has 1 heterocycles. The van der Waals surface area contributed by atoms with Gasteiger partial charge in [0.25, 0.3) is 0 Å². The van der Waals surface area contributed by atoms with Gasteiger partial charge in [-0.2, -0.15) is 5.10 Å². The molecule has 1 aromatic carbocycles. The van der Waals surface area contributed by atoms with E-state index < -0.39 is 0 Å². The van der Waals surface area contributed by atoms with E-state index in [4.69, 9.17) is 0 Å². The van der Waals surface area contributed by atoms with Crippen molar-refractivity contribution in [3.63, 3.8) is 0 Å². The second kappa shape index (κ2) is 5.47. The molecule has 1 unspecified atom stereocenters. The normalized spacial score (nSPS) is 12.6. The third-order valence-corrected chi connectivity index (χ3v) is 3.42. The standard InChI is InChI=1S/C13H16BrN3/c1-3-15-10(2)12-6-5-11(9-13(12)14)17-8-4-7-16-17/h4-10,15H,3H2,1-2H3. The molecule has 0 bridgehead atoms. The number of halogens is 1. The number of nitrogens with zero attached hydrogens (tertiary/aromatic N) is 2. The minimum absolute atomic E-state index is 0.348. The van der Waals surface area contributed by atoms with Crippen molar-refractivity contribution in [1.29, 1.82) is 0 Å². The zero-order valence-electron chi connectivity index (χ0n) is 10.0. The predicted octanol–water partition coefficient (Wildman–Crippen LogP) is 3.31. The molecule has 0 aliphatic carbocycles. The third-order valence-electron chi connectivity index (χ3n) is 2.73. The summed E-state index contributed by atoms with van der Waals surface area (Å²) in [6.07, 6.45) is 3.72. The molecule has 0 saturated heterocycles. The van der Waals surface area contributed by atoms with Crippen LogP contribution in [0.4, 0.5) is 0 Å². The summed E-state index contributed by atoms with van der Waals surface area (Å²) in [7, 11) is 0. The van der Waals surface area contributed by atoms with Crippen LogP contribution in [0.5, 0.6) is 0 Å². The van der Waals surface area contributed by atoms with E-state index in [2.05, 4.69) is 58.4 Å². The number of aromatic nitrogens is 2. The molecule has 0 fully saturated rings. The SMILES string of the molecule is CCNC(C)c1ccc(-n2cccn2)cc1Br. The summed E-state index contributed by atoms with van der Waals surface area (Å²) in [5.74, 6) is 0. The van der Waals surface area contributed by atoms with E-state index in [1.165, 1.54) is 5.56 Å². The van der Waals surface area contributed by atoms with Crippen LogP contribution in [0.25, 0.3) is 5.69 Å². The number of rotatable bonds is 4. The van der Waals surface area contributed by atoms with Crippen molar-refractivity contribution < 1.29 is 0 Å². The highest BCUT2D eigenvalue weighted by atomic mass is 79.9. The summed E-state index contributed by atoms with van der Waals surface area (Å²) in [6, 6.07) is 8.58. The van der Waals surface area contributed by atoms with Gasteiger partial charge in [-0.25, -0.2) is 4.68 Å². The maximum Gasteiger partial charge on any atom is 0.0656 e. The van der Waals surface area contributed by atoms with Gasteiger partial charge in [-0.15, -0.1) is 0 Å². The van der Waals surface area contributed by atoms with Gasteiger partial charge in [0.05, 0.1) is 5.69 Å². The van der Waals surface area contributed by atoms with Crippen molar-refractivity contribution in [2.45, 2.75) is 19.9 Å². The zero-order valence-corrected chi connectivity index (χ0v) is 11.6. The number of nitrogens with one attached hydrogen (secondary N) is 1. The monoisotopic (exact) mass is 293 g/mol. The van der Waals surface area contributed by atoms with E-state index >= 15 is 0 Å². The number of hydrogen-bond donors (Lipinski definition) is 1. The van der Waals surface area contributed by atoms with Crippen molar-refractivity contribution in [3.05, 3.63) is 46.7 Å². The van der Waals surface area contributed by atoms with Gasteiger partial charge < -0.3 is 5.32 Å². The van der Waals surface area contributed by atoms with Crippen LogP contribution in [0.1, 0.15) is 25.5 Å². The Morgan fingerprint density at radius 1 is 1.47 bits per heavy atom. The molecule has 2 rings (SSSR count). The zero-order chi connectivity index (χ0) is 12.3. The Bertz CT molecular complexity index is 479. The van der Waals surface area contributed by atoms with Crippen LogP contribution in [-0.2, 0) is 0 Å². The highest BCUT2D eigenvalue weighted by Gasteiger charge is 2.09. The molecule has 3 nitrogen and oxygen atoms in total. The molecule has 4 heteroatoms. The Kier molecular flexibility index (Phi) is 3.97. The van der Waals surface area contributed by atoms with E-state index in [0.29, 0.717) is 6.04 Å². The van der Waals surface area contributed by atoms with Crippen molar-refractivity contribution in [2.75, 3.05) is 6.54 Å². The Labute approximate surface area is 110 Å². The average Bonchev–Trinajstić information content (AvgIpc) is 2.82. The van der Waals surface area contributed by atoms with Gasteiger partial charge in [0.1, 0.15) is 0 Å². The minimum atomic E-state index is 0.348. The Balaban J connectivity index is 2.29. The molecule has 0 amide bonds. The molecule has 0 spiro atoms. The van der Waals surface area contributed by atoms with Crippen molar-refractivity contribution in [3.8, 4) is 5.69 Å². The van der Waals surface area contributed by atoms with E-state index in [9.17, 15) is 0 Å². The summed E-state index contributed by atoms with van der Waals surface area (Å²) in [6.45, 7) is 5.24. The molecular weight excluding hydrogens is 278 g/mol. The van der Waals surface area contributed by atoms with Gasteiger partial charge in [-0.1, -0.05) is 28.9 Å². The van der Waals surface area contributed by atoms with Gasteiger partial charge in [-0.05, 0) is 37.2 Å². The van der Waals surface area contributed by atoms with Gasteiger partial charge in [-0.3, -0.25) is 0 Å². The topological polar surface area (TPSA) is 29.9 Å². The summed E-state index contributed by atoms with van der Waals surface area (Å²) in [5, 5.41) is 7.62. The summed E-state index contributed by atoms with van der Waals surface area (Å²) in [5.41, 5.74) is 2.33. The molecule has 1 N–H and O–H groups in total. The van der Waals surface area contributed by atoms with E-state index in [1.54, 1.807) is 6.20 Å². The third kappa shape index (κ3) is 2.76. The molecule has 0 aliphatic rings. The summed E-state index contributed by atoms with van der Waals surface area (Å²) in [4.78, 5) is 0. The lowest BCUT2D eigenvalue weighted by molar-refractivity contribution is 0.596. The molecule has 1 atom stereocenters. The predicted molar refractivity (Wildman–Crippen MR) is 73.4 cm³/mol. The van der Waals surface area contributed by atoms with Crippen molar-refractivity contribution in [2.24, 2.45) is 0 Å². The van der Waals surface area contributed by atoms with Crippen molar-refractivity contribution in [1.82, 2.24) is 15.1 Å². The first kappa shape index (κ1) is 12.3. The van der Waals surface area contributed by atoms with Crippen LogP contribution >= 0.6 is 15.9 Å². The summed E-state index contributed by atoms with van der Waals surface area (Å²) < 4.78 is 2.96. The van der Waals surface area contributed by atoms with Crippen LogP contribution in [0, 0.1) is 0 Å². The molecule has 0 radical (unpaired) electrons. The van der Waals surface area contributed by atoms with E-state index in [-0.39, 0.29) is 0 Å². The highest BCUT2D eigenvalue weighted by Crippen LogP contribution is 2.25. The molecular formula is C13H16BrN3. The quantitative estimate of drug-likeness (QED) is 0.937. The van der Waals surface area contributed by atoms with Crippen LogP contribution in [0.2, 0.25) is 0 Å². The van der Waals surface area contributed by atoms with E-state index in [0.717, 1.165) is 16.7 Å². The lowest BCUT2D eigenvalue weighted by Crippen LogP contribution is -2.18. The van der Waals surface area contributed by atoms with Crippen LogP contribution in [-0.4, -0.2) is 16.3 Å². The fourth-order valence-corrected chi connectivity index (χ4v) is 2.56. The molecule has 0 saturated carbocycles. The molecule has 2 aromatic rings. The van der Waals surface area contributed by atoms with E-state index in [1.807, 2.05) is 16.9 Å². The lowest BCUT2D eigenvalue weighted by atomic mass is 10.1. The number of hydrogen-bond acceptors (Lipinski definition) is 2. The molecule has 1 aromatic heterocycles. The molecule has 90 valence electrons. The van der Waals surface area contributed by atoms with Gasteiger partial charge >= 0.3 is 0 Å². The highest BCUT2D eigenvalue weighted by molar-refractivity contribution is 9.10. The van der Waals surface area contributed by atoms with Crippen LogP contribution in [0.15, 0.2) is 41.1 Å². The first-order valence-electron chi connectivity index (χ1n) is 5.75. The number of benzene rings is 1. The minimum Gasteiger partial charge on any atom is -0.310 e. The van der Waals surface area contributed by atoms with Crippen molar-refractivity contribution >= 4 is 15.9 Å². The smallest absolute Gasteiger partial charge is 0.0656 e. The Morgan fingerprint density at radius 3 is 2.88 bits per heavy atom. The lowest BCUT2D eigenvalue weighted by Gasteiger charge is -2.15. The maximum atomic E-state index is 4.22. The Morgan fingerprint density at radius 2 is 2.29 bits per heavy atom. The summed E-state index contributed by atoms with van der Waals surface area (Å²) >= 11 is 3.62. The molecule has 17 heavy (non-hydrogen) atoms. The van der Waals surface area contributed by atoms with Crippen LogP contribution < -0.4 is 5.32 Å². The van der Waals surface area contributed by atoms with Crippen LogP contribution in [0.3, 0.4) is 0 Å². The Hall–Kier alpha value is -1.13.